The molecule has 0 unspecified atom stereocenters. The molecule has 9 aromatic carbocycles. The molecule has 10 aromatic rings. The first-order chi connectivity index (χ1) is 24.8. The highest BCUT2D eigenvalue weighted by atomic mass is 16.3. The predicted octanol–water partition coefficient (Wildman–Crippen LogP) is 13.8. The second-order valence-electron chi connectivity index (χ2n) is 12.9. The first kappa shape index (κ1) is 28.4. The number of hydrogen-bond donors (Lipinski definition) is 0. The molecule has 0 saturated heterocycles. The van der Waals surface area contributed by atoms with Gasteiger partial charge in [0.25, 0.3) is 0 Å². The second-order valence-corrected chi connectivity index (χ2v) is 12.9. The summed E-state index contributed by atoms with van der Waals surface area (Å²) in [5, 5.41) is 9.54. The molecule has 0 N–H and O–H groups in total. The van der Waals surface area contributed by atoms with Crippen LogP contribution in [-0.2, 0) is 0 Å². The Morgan fingerprint density at radius 1 is 0.340 bits per heavy atom. The van der Waals surface area contributed by atoms with Crippen LogP contribution in [0.25, 0.3) is 76.5 Å². The third-order valence-electron chi connectivity index (χ3n) is 10.0. The maximum Gasteiger partial charge on any atom is 0.159 e. The summed E-state index contributed by atoms with van der Waals surface area (Å²) in [5.74, 6) is 0. The van der Waals surface area contributed by atoms with Gasteiger partial charge in [0.1, 0.15) is 5.58 Å². The Balaban J connectivity index is 1.20. The van der Waals surface area contributed by atoms with E-state index in [0.717, 1.165) is 44.6 Å². The van der Waals surface area contributed by atoms with Crippen molar-refractivity contribution in [3.05, 3.63) is 188 Å². The maximum atomic E-state index is 6.82. The second kappa shape index (κ2) is 11.5. The topological polar surface area (TPSA) is 16.4 Å². The number of fused-ring (bicyclic) bond motifs is 6. The van der Waals surface area contributed by atoms with Crippen LogP contribution in [0.3, 0.4) is 0 Å². The minimum Gasteiger partial charge on any atom is -0.454 e. The molecule has 0 amide bonds. The van der Waals surface area contributed by atoms with Crippen molar-refractivity contribution in [2.45, 2.75) is 0 Å². The minimum absolute atomic E-state index is 0.865. The highest BCUT2D eigenvalue weighted by Gasteiger charge is 2.22. The van der Waals surface area contributed by atoms with Crippen LogP contribution < -0.4 is 4.90 Å². The van der Waals surface area contributed by atoms with Crippen LogP contribution in [0.15, 0.2) is 192 Å². The third-order valence-corrected chi connectivity index (χ3v) is 10.0. The molecule has 1 aromatic heterocycles. The minimum atomic E-state index is 0.865. The van der Waals surface area contributed by atoms with Gasteiger partial charge in [-0.1, -0.05) is 146 Å². The molecule has 234 valence electrons. The zero-order chi connectivity index (χ0) is 33.0. The number of rotatable bonds is 5. The zero-order valence-corrected chi connectivity index (χ0v) is 27.3. The smallest absolute Gasteiger partial charge is 0.159 e. The molecule has 0 radical (unpaired) electrons. The predicted molar refractivity (Wildman–Crippen MR) is 212 cm³/mol. The maximum absolute atomic E-state index is 6.82. The van der Waals surface area contributed by atoms with Crippen molar-refractivity contribution in [1.29, 1.82) is 0 Å². The normalized spacial score (nSPS) is 11.6. The number of benzene rings is 9. The van der Waals surface area contributed by atoms with Crippen molar-refractivity contribution in [1.82, 2.24) is 0 Å². The van der Waals surface area contributed by atoms with E-state index < -0.39 is 0 Å². The van der Waals surface area contributed by atoms with Crippen molar-refractivity contribution < 1.29 is 4.42 Å². The van der Waals surface area contributed by atoms with Gasteiger partial charge in [0.05, 0.1) is 11.4 Å². The molecule has 0 spiro atoms. The molecule has 0 saturated carbocycles. The zero-order valence-electron chi connectivity index (χ0n) is 27.3. The molecule has 1 heterocycles. The van der Waals surface area contributed by atoms with Gasteiger partial charge in [0.2, 0.25) is 0 Å². The van der Waals surface area contributed by atoms with E-state index in [9.17, 15) is 0 Å². The summed E-state index contributed by atoms with van der Waals surface area (Å²) in [6, 6.07) is 67.5. The van der Waals surface area contributed by atoms with Gasteiger partial charge in [0.15, 0.2) is 5.58 Å². The highest BCUT2D eigenvalue weighted by Crippen LogP contribution is 2.46. The molecule has 0 fully saturated rings. The Hall–Kier alpha value is -6.64. The number of para-hydroxylation sites is 2. The summed E-state index contributed by atoms with van der Waals surface area (Å²) in [6.07, 6.45) is 0. The molecule has 10 rings (SSSR count). The van der Waals surface area contributed by atoms with Gasteiger partial charge >= 0.3 is 0 Å². The summed E-state index contributed by atoms with van der Waals surface area (Å²) >= 11 is 0. The van der Waals surface area contributed by atoms with E-state index in [4.69, 9.17) is 4.42 Å². The van der Waals surface area contributed by atoms with Gasteiger partial charge in [-0.3, -0.25) is 0 Å². The largest absolute Gasteiger partial charge is 0.454 e. The standard InChI is InChI=1S/C48H31NO/c1-2-13-35-29-38(24-23-32(35)11-1)42-18-7-8-21-45(42)49(39-27-25-34(26-28-39)41-19-9-16-33-12-5-6-17-40(33)41)46-22-10-20-43-44-30-36-14-3-4-15-37(36)31-47(44)50-48(43)46/h1-31H. The first-order valence-electron chi connectivity index (χ1n) is 17.1. The van der Waals surface area contributed by atoms with Crippen LogP contribution in [-0.4, -0.2) is 0 Å². The lowest BCUT2D eigenvalue weighted by Gasteiger charge is -2.28. The summed E-state index contributed by atoms with van der Waals surface area (Å²) in [7, 11) is 0. The number of hydrogen-bond acceptors (Lipinski definition) is 2. The molecule has 2 heteroatoms. The number of anilines is 3. The van der Waals surface area contributed by atoms with E-state index >= 15 is 0 Å². The van der Waals surface area contributed by atoms with Gasteiger partial charge in [-0.2, -0.15) is 0 Å². The summed E-state index contributed by atoms with van der Waals surface area (Å²) in [5.41, 5.74) is 9.61. The molecule has 0 aliphatic heterocycles. The van der Waals surface area contributed by atoms with Crippen molar-refractivity contribution >= 4 is 71.3 Å². The molecule has 2 nitrogen and oxygen atoms in total. The van der Waals surface area contributed by atoms with Crippen LogP contribution in [0, 0.1) is 0 Å². The van der Waals surface area contributed by atoms with Gasteiger partial charge in [-0.05, 0) is 91.5 Å². The Bertz CT molecular complexity index is 2870. The molecule has 0 bridgehead atoms. The molecule has 50 heavy (non-hydrogen) atoms. The van der Waals surface area contributed by atoms with Gasteiger partial charge < -0.3 is 9.32 Å². The summed E-state index contributed by atoms with van der Waals surface area (Å²) < 4.78 is 6.82. The fraction of sp³-hybridized carbons (Fsp3) is 0. The monoisotopic (exact) mass is 637 g/mol. The highest BCUT2D eigenvalue weighted by molar-refractivity contribution is 6.14. The van der Waals surface area contributed by atoms with Crippen LogP contribution >= 0.6 is 0 Å². The fourth-order valence-electron chi connectivity index (χ4n) is 7.59. The Kier molecular flexibility index (Phi) is 6.53. The summed E-state index contributed by atoms with van der Waals surface area (Å²) in [4.78, 5) is 2.36. The molecular formula is C48H31NO. The van der Waals surface area contributed by atoms with E-state index in [0.29, 0.717) is 0 Å². The quantitative estimate of drug-likeness (QED) is 0.187. The summed E-state index contributed by atoms with van der Waals surface area (Å²) in [6.45, 7) is 0. The fourth-order valence-corrected chi connectivity index (χ4v) is 7.59. The van der Waals surface area contributed by atoms with Crippen molar-refractivity contribution in [2.24, 2.45) is 0 Å². The Morgan fingerprint density at radius 2 is 0.920 bits per heavy atom. The van der Waals surface area contributed by atoms with E-state index in [-0.39, 0.29) is 0 Å². The number of furan rings is 1. The average molecular weight is 638 g/mol. The lowest BCUT2D eigenvalue weighted by atomic mass is 9.97. The van der Waals surface area contributed by atoms with Gasteiger partial charge in [-0.25, -0.2) is 0 Å². The van der Waals surface area contributed by atoms with E-state index in [1.165, 1.54) is 49.0 Å². The van der Waals surface area contributed by atoms with Crippen molar-refractivity contribution in [2.75, 3.05) is 4.90 Å². The van der Waals surface area contributed by atoms with Crippen LogP contribution in [0.1, 0.15) is 0 Å². The number of nitrogens with zero attached hydrogens (tertiary/aromatic N) is 1. The van der Waals surface area contributed by atoms with E-state index in [1.54, 1.807) is 0 Å². The Labute approximate surface area is 290 Å². The molecule has 0 aliphatic rings. The molecule has 0 aliphatic carbocycles. The lowest BCUT2D eigenvalue weighted by Crippen LogP contribution is -2.11. The van der Waals surface area contributed by atoms with Gasteiger partial charge in [0, 0.05) is 22.0 Å². The molecular weight excluding hydrogens is 607 g/mol. The van der Waals surface area contributed by atoms with Gasteiger partial charge in [-0.15, -0.1) is 0 Å². The molecule has 0 atom stereocenters. The first-order valence-corrected chi connectivity index (χ1v) is 17.1. The third kappa shape index (κ3) is 4.65. The van der Waals surface area contributed by atoms with Crippen LogP contribution in [0.2, 0.25) is 0 Å². The average Bonchev–Trinajstić information content (AvgIpc) is 3.55. The van der Waals surface area contributed by atoms with Crippen LogP contribution in [0.4, 0.5) is 17.1 Å². The van der Waals surface area contributed by atoms with E-state index in [1.807, 2.05) is 0 Å². The van der Waals surface area contributed by atoms with Crippen molar-refractivity contribution in [3.8, 4) is 22.3 Å². The van der Waals surface area contributed by atoms with Crippen LogP contribution in [0.5, 0.6) is 0 Å². The van der Waals surface area contributed by atoms with Crippen molar-refractivity contribution in [3.63, 3.8) is 0 Å². The SMILES string of the molecule is c1ccc(N(c2ccc(-c3cccc4ccccc34)cc2)c2cccc3c2oc2cc4ccccc4cc23)c(-c2ccc3ccccc3c2)c1. The Morgan fingerprint density at radius 3 is 1.76 bits per heavy atom. The van der Waals surface area contributed by atoms with E-state index in [2.05, 4.69) is 193 Å². The lowest BCUT2D eigenvalue weighted by molar-refractivity contribution is 0.669.